The molecule has 0 spiro atoms. The lowest BCUT2D eigenvalue weighted by Gasteiger charge is -2.53. The van der Waals surface area contributed by atoms with Crippen LogP contribution >= 0.6 is 0 Å². The van der Waals surface area contributed by atoms with Crippen molar-refractivity contribution in [2.24, 2.45) is 17.8 Å². The Morgan fingerprint density at radius 3 is 1.80 bits per heavy atom. The van der Waals surface area contributed by atoms with Crippen molar-refractivity contribution in [3.05, 3.63) is 54.9 Å². The number of para-hydroxylation sites is 1. The topological polar surface area (TPSA) is 7.12 Å². The van der Waals surface area contributed by atoms with Gasteiger partial charge in [0.05, 0.1) is 5.69 Å². The lowest BCUT2D eigenvalue weighted by atomic mass is 9.53. The lowest BCUT2D eigenvalue weighted by Crippen LogP contribution is -3.00. The number of anilines is 2. The van der Waals surface area contributed by atoms with E-state index in [0.29, 0.717) is 5.54 Å². The molecule has 6 rings (SSSR count). The van der Waals surface area contributed by atoms with Gasteiger partial charge in [-0.3, -0.25) is 0 Å². The van der Waals surface area contributed by atoms with Crippen LogP contribution in [0.25, 0.3) is 0 Å². The van der Waals surface area contributed by atoms with E-state index < -0.39 is 0 Å². The minimum Gasteiger partial charge on any atom is -1.00 e. The van der Waals surface area contributed by atoms with Crippen LogP contribution < -0.4 is 21.9 Å². The van der Waals surface area contributed by atoms with Gasteiger partial charge in [0.25, 0.3) is 0 Å². The maximum Gasteiger partial charge on any atom is 0.171 e. The average Bonchev–Trinajstić information content (AvgIpc) is 2.61. The van der Waals surface area contributed by atoms with Crippen molar-refractivity contribution < 1.29 is 17.0 Å². The quantitative estimate of drug-likeness (QED) is 0.761. The Kier molecular flexibility index (Phi) is 4.27. The summed E-state index contributed by atoms with van der Waals surface area (Å²) in [5.41, 5.74) is 2.94. The van der Waals surface area contributed by atoms with E-state index in [1.165, 1.54) is 49.9 Å². The summed E-state index contributed by atoms with van der Waals surface area (Å²) >= 11 is 0. The molecule has 0 N–H and O–H groups in total. The summed E-state index contributed by atoms with van der Waals surface area (Å²) in [7, 11) is 2.15. The predicted molar refractivity (Wildman–Crippen MR) is 97.3 cm³/mol. The van der Waals surface area contributed by atoms with Crippen LogP contribution in [0, 0.1) is 17.8 Å². The third-order valence-corrected chi connectivity index (χ3v) is 6.90. The van der Waals surface area contributed by atoms with Crippen LogP contribution in [0.2, 0.25) is 0 Å². The summed E-state index contributed by atoms with van der Waals surface area (Å²) in [6.07, 6.45) is 13.5. The molecule has 0 saturated heterocycles. The smallest absolute Gasteiger partial charge is 0.171 e. The second-order valence-electron chi connectivity index (χ2n) is 8.50. The number of aromatic nitrogens is 1. The third-order valence-electron chi connectivity index (χ3n) is 6.90. The summed E-state index contributed by atoms with van der Waals surface area (Å²) in [4.78, 5) is 2.27. The van der Waals surface area contributed by atoms with E-state index in [0.717, 1.165) is 17.8 Å². The molecular weight excluding hydrogens is 328 g/mol. The van der Waals surface area contributed by atoms with Gasteiger partial charge in [0.15, 0.2) is 17.9 Å². The normalized spacial score (nSPS) is 32.3. The molecule has 1 heterocycles. The van der Waals surface area contributed by atoms with Crippen LogP contribution in [0.4, 0.5) is 11.4 Å². The second-order valence-corrected chi connectivity index (χ2v) is 8.50. The number of halogens is 1. The minimum atomic E-state index is 0. The Bertz CT molecular complexity index is 690. The molecule has 2 nitrogen and oxygen atoms in total. The van der Waals surface area contributed by atoms with Crippen LogP contribution in [0.5, 0.6) is 0 Å². The molecule has 3 heteroatoms. The molecule has 0 atom stereocenters. The van der Waals surface area contributed by atoms with Gasteiger partial charge in [-0.15, -0.1) is 0 Å². The van der Waals surface area contributed by atoms with Gasteiger partial charge in [-0.2, -0.15) is 4.57 Å². The van der Waals surface area contributed by atoms with Crippen molar-refractivity contribution in [1.82, 2.24) is 0 Å². The van der Waals surface area contributed by atoms with Crippen LogP contribution in [0.3, 0.4) is 0 Å². The summed E-state index contributed by atoms with van der Waals surface area (Å²) < 4.78 is 2.57. The average molecular weight is 355 g/mol. The number of nitrogens with zero attached hydrogens (tertiary/aromatic N) is 2. The highest BCUT2D eigenvalue weighted by Crippen LogP contribution is 2.56. The van der Waals surface area contributed by atoms with Gasteiger partial charge in [0, 0.05) is 44.1 Å². The Morgan fingerprint density at radius 1 is 0.800 bits per heavy atom. The van der Waals surface area contributed by atoms with Crippen molar-refractivity contribution >= 4 is 11.4 Å². The zero-order valence-corrected chi connectivity index (χ0v) is 15.7. The van der Waals surface area contributed by atoms with Crippen molar-refractivity contribution in [2.45, 2.75) is 44.1 Å². The van der Waals surface area contributed by atoms with Gasteiger partial charge in [-0.05, 0) is 49.1 Å². The van der Waals surface area contributed by atoms with Gasteiger partial charge in [0.2, 0.25) is 0 Å². The molecule has 0 amide bonds. The van der Waals surface area contributed by atoms with Crippen molar-refractivity contribution in [1.29, 1.82) is 0 Å². The molecule has 1 aromatic heterocycles. The van der Waals surface area contributed by atoms with Gasteiger partial charge in [-0.25, -0.2) is 0 Å². The first-order chi connectivity index (χ1) is 11.7. The van der Waals surface area contributed by atoms with Gasteiger partial charge in [-0.1, -0.05) is 18.2 Å². The molecule has 4 fully saturated rings. The summed E-state index contributed by atoms with van der Waals surface area (Å²) in [6, 6.07) is 15.2. The largest absolute Gasteiger partial charge is 1.00 e. The van der Waals surface area contributed by atoms with Crippen LogP contribution in [-0.2, 0) is 5.54 Å². The molecule has 132 valence electrons. The third kappa shape index (κ3) is 2.85. The molecule has 4 bridgehead atoms. The summed E-state index contributed by atoms with van der Waals surface area (Å²) in [6.45, 7) is 0. The lowest BCUT2D eigenvalue weighted by molar-refractivity contribution is -0.776. The van der Waals surface area contributed by atoms with Crippen LogP contribution in [-0.4, -0.2) is 7.05 Å². The highest BCUT2D eigenvalue weighted by Gasteiger charge is 2.56. The van der Waals surface area contributed by atoms with E-state index >= 15 is 0 Å². The standard InChI is InChI=1S/C22H27N2.ClH/c1-23(20-5-3-2-4-6-20)21-7-9-24(10-8-21)22-14-17-11-18(15-22)13-19(12-17)16-22;/h2-10,17-19H,11-16H2,1H3;1H/q+1;/p-1. The first-order valence-electron chi connectivity index (χ1n) is 9.52. The maximum absolute atomic E-state index is 2.57. The van der Waals surface area contributed by atoms with Crippen molar-refractivity contribution in [3.8, 4) is 0 Å². The highest BCUT2D eigenvalue weighted by atomic mass is 35.5. The number of hydrogen-bond donors (Lipinski definition) is 0. The summed E-state index contributed by atoms with van der Waals surface area (Å²) in [5, 5.41) is 0. The molecule has 2 aromatic rings. The molecule has 4 aliphatic rings. The molecule has 0 unspecified atom stereocenters. The Morgan fingerprint density at radius 2 is 1.28 bits per heavy atom. The predicted octanol–water partition coefficient (Wildman–Crippen LogP) is 1.67. The molecule has 25 heavy (non-hydrogen) atoms. The van der Waals surface area contributed by atoms with Crippen LogP contribution in [0.1, 0.15) is 38.5 Å². The highest BCUT2D eigenvalue weighted by molar-refractivity contribution is 5.61. The Balaban J connectivity index is 0.00000157. The maximum atomic E-state index is 2.57. The molecule has 0 radical (unpaired) electrons. The van der Waals surface area contributed by atoms with Gasteiger partial charge in [0.1, 0.15) is 0 Å². The Hall–Kier alpha value is -1.54. The van der Waals surface area contributed by atoms with Gasteiger partial charge < -0.3 is 17.3 Å². The van der Waals surface area contributed by atoms with E-state index in [2.05, 4.69) is 71.4 Å². The number of pyridine rings is 1. The summed E-state index contributed by atoms with van der Waals surface area (Å²) in [5.74, 6) is 2.99. The van der Waals surface area contributed by atoms with E-state index in [-0.39, 0.29) is 12.4 Å². The first-order valence-corrected chi connectivity index (χ1v) is 9.52. The van der Waals surface area contributed by atoms with E-state index in [9.17, 15) is 0 Å². The van der Waals surface area contributed by atoms with E-state index in [1.807, 2.05) is 0 Å². The van der Waals surface area contributed by atoms with Gasteiger partial charge >= 0.3 is 0 Å². The fourth-order valence-electron chi connectivity index (χ4n) is 6.14. The van der Waals surface area contributed by atoms with E-state index in [4.69, 9.17) is 0 Å². The molecular formula is C22H27ClN2. The fourth-order valence-corrected chi connectivity index (χ4v) is 6.14. The second kappa shape index (κ2) is 6.32. The van der Waals surface area contributed by atoms with Crippen LogP contribution in [0.15, 0.2) is 54.9 Å². The SMILES string of the molecule is CN(c1ccccc1)c1cc[n+](C23CC4CC(CC(C4)C2)C3)cc1.[Cl-]. The number of benzene rings is 1. The molecule has 0 aliphatic heterocycles. The minimum absolute atomic E-state index is 0. The number of hydrogen-bond acceptors (Lipinski definition) is 1. The zero-order chi connectivity index (χ0) is 16.1. The molecule has 1 aromatic carbocycles. The molecule has 4 aliphatic carbocycles. The Labute approximate surface area is 157 Å². The molecule has 4 saturated carbocycles. The van der Waals surface area contributed by atoms with Crippen molar-refractivity contribution in [3.63, 3.8) is 0 Å². The number of rotatable bonds is 3. The fraction of sp³-hybridized carbons (Fsp3) is 0.500. The first kappa shape index (κ1) is 16.9. The van der Waals surface area contributed by atoms with Crippen molar-refractivity contribution in [2.75, 3.05) is 11.9 Å². The zero-order valence-electron chi connectivity index (χ0n) is 14.9. The monoisotopic (exact) mass is 354 g/mol. The van der Waals surface area contributed by atoms with E-state index in [1.54, 1.807) is 0 Å².